The summed E-state index contributed by atoms with van der Waals surface area (Å²) in [4.78, 5) is 14.6. The van der Waals surface area contributed by atoms with Crippen molar-refractivity contribution in [3.8, 4) is 17.2 Å². The number of amides is 1. The van der Waals surface area contributed by atoms with Crippen molar-refractivity contribution < 1.29 is 19.0 Å². The molecule has 0 bridgehead atoms. The van der Waals surface area contributed by atoms with Crippen LogP contribution in [0.3, 0.4) is 0 Å². The summed E-state index contributed by atoms with van der Waals surface area (Å²) in [5, 5.41) is 0. The molecule has 0 N–H and O–H groups in total. The molecule has 0 saturated heterocycles. The molecule has 26 heavy (non-hydrogen) atoms. The number of benzene rings is 2. The normalized spacial score (nSPS) is 13.4. The van der Waals surface area contributed by atoms with Crippen LogP contribution in [-0.4, -0.2) is 33.8 Å². The number of nitrogens with zero attached hydrogens (tertiary/aromatic N) is 1. The number of carbonyl (C=O) groups is 1. The molecule has 5 heteroatoms. The Bertz CT molecular complexity index is 829. The average molecular weight is 353 g/mol. The Morgan fingerprint density at radius 2 is 1.77 bits per heavy atom. The second-order valence-electron chi connectivity index (χ2n) is 5.98. The lowest BCUT2D eigenvalue weighted by Crippen LogP contribution is -2.34. The van der Waals surface area contributed by atoms with Crippen molar-refractivity contribution in [1.29, 1.82) is 0 Å². The van der Waals surface area contributed by atoms with Gasteiger partial charge in [0.1, 0.15) is 0 Å². The zero-order chi connectivity index (χ0) is 18.5. The van der Waals surface area contributed by atoms with Gasteiger partial charge in [0.25, 0.3) is 5.91 Å². The summed E-state index contributed by atoms with van der Waals surface area (Å²) in [6, 6.07) is 11.7. The van der Waals surface area contributed by atoms with Gasteiger partial charge in [-0.15, -0.1) is 0 Å². The molecule has 1 aliphatic rings. The van der Waals surface area contributed by atoms with Crippen LogP contribution in [-0.2, 0) is 11.2 Å². The van der Waals surface area contributed by atoms with E-state index < -0.39 is 0 Å². The van der Waals surface area contributed by atoms with Gasteiger partial charge in [0.2, 0.25) is 5.75 Å². The Kier molecular flexibility index (Phi) is 5.46. The smallest absolute Gasteiger partial charge is 0.250 e. The Balaban J connectivity index is 1.88. The molecule has 136 valence electrons. The molecule has 0 radical (unpaired) electrons. The van der Waals surface area contributed by atoms with E-state index in [2.05, 4.69) is 6.07 Å². The highest BCUT2D eigenvalue weighted by Gasteiger charge is 2.21. The second-order valence-corrected chi connectivity index (χ2v) is 5.98. The molecular formula is C21H23NO4. The van der Waals surface area contributed by atoms with E-state index in [0.717, 1.165) is 30.6 Å². The van der Waals surface area contributed by atoms with Crippen LogP contribution in [0.15, 0.2) is 42.5 Å². The van der Waals surface area contributed by atoms with E-state index in [4.69, 9.17) is 14.2 Å². The number of carbonyl (C=O) groups excluding carboxylic acids is 1. The van der Waals surface area contributed by atoms with Gasteiger partial charge >= 0.3 is 0 Å². The van der Waals surface area contributed by atoms with Crippen molar-refractivity contribution in [1.82, 2.24) is 0 Å². The van der Waals surface area contributed by atoms with Gasteiger partial charge in [-0.2, -0.15) is 0 Å². The zero-order valence-corrected chi connectivity index (χ0v) is 15.3. The minimum atomic E-state index is -0.0472. The fourth-order valence-corrected chi connectivity index (χ4v) is 3.27. The molecule has 0 spiro atoms. The van der Waals surface area contributed by atoms with Crippen molar-refractivity contribution in [2.24, 2.45) is 0 Å². The number of anilines is 1. The van der Waals surface area contributed by atoms with Gasteiger partial charge in [-0.05, 0) is 42.7 Å². The van der Waals surface area contributed by atoms with E-state index in [1.807, 2.05) is 29.2 Å². The number of rotatable bonds is 5. The Morgan fingerprint density at radius 3 is 2.50 bits per heavy atom. The molecule has 1 amide bonds. The minimum Gasteiger partial charge on any atom is -0.493 e. The molecule has 5 nitrogen and oxygen atoms in total. The number of ether oxygens (including phenoxy) is 3. The van der Waals surface area contributed by atoms with Gasteiger partial charge in [-0.25, -0.2) is 0 Å². The van der Waals surface area contributed by atoms with Gasteiger partial charge in [0, 0.05) is 23.9 Å². The molecule has 0 saturated carbocycles. The van der Waals surface area contributed by atoms with Crippen LogP contribution in [0.1, 0.15) is 17.5 Å². The van der Waals surface area contributed by atoms with Gasteiger partial charge in [-0.3, -0.25) is 4.79 Å². The second kappa shape index (κ2) is 7.95. The van der Waals surface area contributed by atoms with Gasteiger partial charge < -0.3 is 19.1 Å². The molecule has 3 rings (SSSR count). The van der Waals surface area contributed by atoms with E-state index in [0.29, 0.717) is 17.2 Å². The third kappa shape index (κ3) is 3.38. The van der Waals surface area contributed by atoms with Crippen LogP contribution in [0, 0.1) is 0 Å². The highest BCUT2D eigenvalue weighted by atomic mass is 16.5. The molecule has 0 fully saturated rings. The first-order valence-electron chi connectivity index (χ1n) is 8.56. The summed E-state index contributed by atoms with van der Waals surface area (Å²) in [7, 11) is 4.70. The molecule has 0 aliphatic carbocycles. The number of para-hydroxylation sites is 1. The lowest BCUT2D eigenvalue weighted by molar-refractivity contribution is -0.114. The lowest BCUT2D eigenvalue weighted by atomic mass is 10.0. The maximum atomic E-state index is 12.8. The molecule has 2 aromatic rings. The fraction of sp³-hybridized carbons (Fsp3) is 0.286. The standard InChI is InChI=1S/C21H23NO4/c1-24-18-12-10-16(20(25-2)21(18)26-3)11-13-19(23)22-14-6-8-15-7-4-5-9-17(15)22/h4-5,7,9-13H,6,8,14H2,1-3H3/b13-11+. The van der Waals surface area contributed by atoms with Crippen LogP contribution in [0.5, 0.6) is 17.2 Å². The number of hydrogen-bond acceptors (Lipinski definition) is 4. The maximum absolute atomic E-state index is 12.8. The average Bonchev–Trinajstić information content (AvgIpc) is 2.70. The van der Waals surface area contributed by atoms with Crippen molar-refractivity contribution in [3.05, 3.63) is 53.6 Å². The molecule has 2 aromatic carbocycles. The predicted molar refractivity (Wildman–Crippen MR) is 102 cm³/mol. The molecule has 0 aromatic heterocycles. The predicted octanol–water partition coefficient (Wildman–Crippen LogP) is 3.71. The SMILES string of the molecule is COc1ccc(/C=C/C(=O)N2CCCc3ccccc32)c(OC)c1OC. The molecular weight excluding hydrogens is 330 g/mol. The summed E-state index contributed by atoms with van der Waals surface area (Å²) in [6.45, 7) is 0.725. The van der Waals surface area contributed by atoms with Gasteiger partial charge in [0.05, 0.1) is 21.3 Å². The fourth-order valence-electron chi connectivity index (χ4n) is 3.27. The molecule has 1 heterocycles. The van der Waals surface area contributed by atoms with Crippen molar-refractivity contribution in [3.63, 3.8) is 0 Å². The summed E-state index contributed by atoms with van der Waals surface area (Å²) < 4.78 is 16.1. The van der Waals surface area contributed by atoms with E-state index >= 15 is 0 Å². The summed E-state index contributed by atoms with van der Waals surface area (Å²) in [5.74, 6) is 1.58. The maximum Gasteiger partial charge on any atom is 0.250 e. The summed E-state index contributed by atoms with van der Waals surface area (Å²) in [6.07, 6.45) is 5.30. The number of hydrogen-bond donors (Lipinski definition) is 0. The number of fused-ring (bicyclic) bond motifs is 1. The van der Waals surface area contributed by atoms with E-state index in [9.17, 15) is 4.79 Å². The minimum absolute atomic E-state index is 0.0472. The van der Waals surface area contributed by atoms with Crippen molar-refractivity contribution in [2.45, 2.75) is 12.8 Å². The highest BCUT2D eigenvalue weighted by molar-refractivity contribution is 6.04. The molecule has 0 unspecified atom stereocenters. The molecule has 1 aliphatic heterocycles. The van der Waals surface area contributed by atoms with Crippen molar-refractivity contribution in [2.75, 3.05) is 32.8 Å². The lowest BCUT2D eigenvalue weighted by Gasteiger charge is -2.28. The van der Waals surface area contributed by atoms with Gasteiger partial charge in [0.15, 0.2) is 11.5 Å². The summed E-state index contributed by atoms with van der Waals surface area (Å²) >= 11 is 0. The van der Waals surface area contributed by atoms with E-state index in [1.54, 1.807) is 39.5 Å². The van der Waals surface area contributed by atoms with Gasteiger partial charge in [-0.1, -0.05) is 18.2 Å². The topological polar surface area (TPSA) is 48.0 Å². The first-order chi connectivity index (χ1) is 12.7. The van der Waals surface area contributed by atoms with Crippen LogP contribution in [0.4, 0.5) is 5.69 Å². The van der Waals surface area contributed by atoms with E-state index in [1.165, 1.54) is 5.56 Å². The largest absolute Gasteiger partial charge is 0.493 e. The van der Waals surface area contributed by atoms with Crippen LogP contribution in [0.2, 0.25) is 0 Å². The Hall–Kier alpha value is -2.95. The number of aryl methyl sites for hydroxylation is 1. The third-order valence-electron chi connectivity index (χ3n) is 4.52. The quantitative estimate of drug-likeness (QED) is 0.769. The van der Waals surface area contributed by atoms with Crippen LogP contribution in [0.25, 0.3) is 6.08 Å². The zero-order valence-electron chi connectivity index (χ0n) is 15.3. The third-order valence-corrected chi connectivity index (χ3v) is 4.52. The first-order valence-corrected chi connectivity index (χ1v) is 8.56. The number of methoxy groups -OCH3 is 3. The Morgan fingerprint density at radius 1 is 1.00 bits per heavy atom. The Labute approximate surface area is 153 Å². The van der Waals surface area contributed by atoms with E-state index in [-0.39, 0.29) is 5.91 Å². The summed E-state index contributed by atoms with van der Waals surface area (Å²) in [5.41, 5.74) is 2.96. The first kappa shape index (κ1) is 17.9. The monoisotopic (exact) mass is 353 g/mol. The van der Waals surface area contributed by atoms with Crippen molar-refractivity contribution >= 4 is 17.7 Å². The van der Waals surface area contributed by atoms with Crippen LogP contribution >= 0.6 is 0 Å². The highest BCUT2D eigenvalue weighted by Crippen LogP contribution is 2.40. The molecule has 0 atom stereocenters. The van der Waals surface area contributed by atoms with Crippen LogP contribution < -0.4 is 19.1 Å².